The van der Waals surface area contributed by atoms with Crippen LogP contribution in [0.15, 0.2) is 24.3 Å². The topological polar surface area (TPSA) is 67.8 Å². The average molecular weight is 340 g/mol. The third-order valence-corrected chi connectivity index (χ3v) is 4.74. The molecular weight excluding hydrogens is 320 g/mol. The Morgan fingerprint density at radius 2 is 2.04 bits per heavy atom. The lowest BCUT2D eigenvalue weighted by atomic mass is 10.1. The zero-order valence-corrected chi connectivity index (χ0v) is 14.9. The van der Waals surface area contributed by atoms with Gasteiger partial charge in [-0.15, -0.1) is 10.2 Å². The summed E-state index contributed by atoms with van der Waals surface area (Å²) in [7, 11) is 0. The van der Waals surface area contributed by atoms with Gasteiger partial charge in [0.2, 0.25) is 5.13 Å². The van der Waals surface area contributed by atoms with Gasteiger partial charge >= 0.3 is 0 Å². The van der Waals surface area contributed by atoms with Gasteiger partial charge in [0.25, 0.3) is 5.91 Å². The zero-order chi connectivity index (χ0) is 17.1. The van der Waals surface area contributed by atoms with E-state index >= 15 is 0 Å². The highest BCUT2D eigenvalue weighted by Gasteiger charge is 2.14. The summed E-state index contributed by atoms with van der Waals surface area (Å²) in [5, 5.41) is 13.5. The highest BCUT2D eigenvalue weighted by atomic mass is 32.1. The second-order valence-electron chi connectivity index (χ2n) is 5.88. The monoisotopic (exact) mass is 340 g/mol. The van der Waals surface area contributed by atoms with Crippen LogP contribution < -0.4 is 5.32 Å². The maximum Gasteiger partial charge on any atom is 0.259 e. The van der Waals surface area contributed by atoms with E-state index < -0.39 is 0 Å². The molecule has 0 aliphatic heterocycles. The van der Waals surface area contributed by atoms with Gasteiger partial charge in [-0.25, -0.2) is 0 Å². The molecule has 0 aliphatic carbocycles. The minimum absolute atomic E-state index is 0.193. The molecule has 5 nitrogen and oxygen atoms in total. The fraction of sp³-hybridized carbons (Fsp3) is 0.333. The van der Waals surface area contributed by atoms with E-state index in [9.17, 15) is 4.79 Å². The summed E-state index contributed by atoms with van der Waals surface area (Å²) in [6.45, 7) is 6.01. The number of hydrogen-bond donors (Lipinski definition) is 1. The van der Waals surface area contributed by atoms with Gasteiger partial charge in [0.1, 0.15) is 5.01 Å². The minimum atomic E-state index is -0.193. The smallest absolute Gasteiger partial charge is 0.259 e. The van der Waals surface area contributed by atoms with Crippen LogP contribution in [-0.2, 0) is 6.42 Å². The molecule has 0 saturated carbocycles. The molecule has 124 valence electrons. The molecule has 3 rings (SSSR count). The zero-order valence-electron chi connectivity index (χ0n) is 14.1. The quantitative estimate of drug-likeness (QED) is 0.752. The first kappa shape index (κ1) is 16.5. The van der Waals surface area contributed by atoms with Crippen molar-refractivity contribution < 1.29 is 4.79 Å². The molecule has 2 heterocycles. The Balaban J connectivity index is 1.82. The first-order valence-electron chi connectivity index (χ1n) is 8.08. The molecule has 3 aromatic rings. The number of hydrogen-bond acceptors (Lipinski definition) is 5. The second kappa shape index (κ2) is 7.05. The van der Waals surface area contributed by atoms with E-state index in [1.54, 1.807) is 0 Å². The van der Waals surface area contributed by atoms with Crippen LogP contribution >= 0.6 is 11.3 Å². The first-order chi connectivity index (χ1) is 11.6. The van der Waals surface area contributed by atoms with Gasteiger partial charge in [-0.3, -0.25) is 15.1 Å². The van der Waals surface area contributed by atoms with E-state index in [1.165, 1.54) is 11.3 Å². The van der Waals surface area contributed by atoms with Gasteiger partial charge in [-0.1, -0.05) is 36.3 Å². The number of unbranched alkanes of at least 4 members (excludes halogenated alkanes) is 1. The number of nitrogens with one attached hydrogen (secondary N) is 1. The number of aromatic nitrogens is 3. The van der Waals surface area contributed by atoms with Gasteiger partial charge in [-0.2, -0.15) is 0 Å². The van der Waals surface area contributed by atoms with Crippen LogP contribution in [0.1, 0.15) is 46.4 Å². The predicted molar refractivity (Wildman–Crippen MR) is 97.7 cm³/mol. The summed E-state index contributed by atoms with van der Waals surface area (Å²) in [4.78, 5) is 17.1. The number of anilines is 1. The molecule has 2 aromatic heterocycles. The molecular formula is C18H20N4OS. The van der Waals surface area contributed by atoms with Crippen LogP contribution in [0.4, 0.5) is 5.13 Å². The van der Waals surface area contributed by atoms with Crippen molar-refractivity contribution in [2.75, 3.05) is 5.32 Å². The van der Waals surface area contributed by atoms with E-state index in [0.717, 1.165) is 40.7 Å². The van der Waals surface area contributed by atoms with Gasteiger partial charge in [0, 0.05) is 11.8 Å². The maximum atomic E-state index is 12.6. The third kappa shape index (κ3) is 3.59. The molecule has 0 unspecified atom stereocenters. The molecule has 1 N–H and O–H groups in total. The third-order valence-electron chi connectivity index (χ3n) is 3.84. The van der Waals surface area contributed by atoms with E-state index in [2.05, 4.69) is 27.4 Å². The molecule has 0 radical (unpaired) electrons. The Kier molecular flexibility index (Phi) is 4.85. The molecule has 1 amide bonds. The highest BCUT2D eigenvalue weighted by molar-refractivity contribution is 7.15. The fourth-order valence-electron chi connectivity index (χ4n) is 2.52. The summed E-state index contributed by atoms with van der Waals surface area (Å²) in [6, 6.07) is 7.92. The van der Waals surface area contributed by atoms with Crippen LogP contribution in [0.2, 0.25) is 0 Å². The predicted octanol–water partition coefficient (Wildman–Crippen LogP) is 4.30. The van der Waals surface area contributed by atoms with Gasteiger partial charge in [0.15, 0.2) is 0 Å². The number of nitrogens with zero attached hydrogens (tertiary/aromatic N) is 3. The van der Waals surface area contributed by atoms with Crippen molar-refractivity contribution in [3.05, 3.63) is 46.1 Å². The maximum absolute atomic E-state index is 12.6. The van der Waals surface area contributed by atoms with Crippen LogP contribution in [0.25, 0.3) is 10.9 Å². The van der Waals surface area contributed by atoms with Crippen molar-refractivity contribution >= 4 is 33.3 Å². The number of fused-ring (bicyclic) bond motifs is 1. The standard InChI is InChI=1S/C18H20N4OS/c1-4-5-6-16-21-22-18(24-16)20-17(23)14-10-13-9-11(2)7-8-15(13)19-12(14)3/h7-10H,4-6H2,1-3H3,(H,20,22,23). The number of carbonyl (C=O) groups is 1. The molecule has 6 heteroatoms. The number of aryl methyl sites for hydroxylation is 3. The average Bonchev–Trinajstić information content (AvgIpc) is 3.00. The van der Waals surface area contributed by atoms with Crippen molar-refractivity contribution in [1.82, 2.24) is 15.2 Å². The minimum Gasteiger partial charge on any atom is -0.296 e. The second-order valence-corrected chi connectivity index (χ2v) is 6.94. The molecule has 0 bridgehead atoms. The fourth-order valence-corrected chi connectivity index (χ4v) is 3.30. The van der Waals surface area contributed by atoms with Gasteiger partial charge < -0.3 is 0 Å². The van der Waals surface area contributed by atoms with E-state index in [1.807, 2.05) is 38.1 Å². The summed E-state index contributed by atoms with van der Waals surface area (Å²) in [6.07, 6.45) is 3.10. The van der Waals surface area contributed by atoms with Crippen molar-refractivity contribution in [1.29, 1.82) is 0 Å². The number of pyridine rings is 1. The SMILES string of the molecule is CCCCc1nnc(NC(=O)c2cc3cc(C)ccc3nc2C)s1. The molecule has 0 atom stereocenters. The van der Waals surface area contributed by atoms with E-state index in [0.29, 0.717) is 16.4 Å². The Labute approximate surface area is 145 Å². The number of rotatable bonds is 5. The van der Waals surface area contributed by atoms with Crippen molar-refractivity contribution in [2.45, 2.75) is 40.0 Å². The van der Waals surface area contributed by atoms with E-state index in [4.69, 9.17) is 0 Å². The van der Waals surface area contributed by atoms with Crippen LogP contribution in [0.3, 0.4) is 0 Å². The Morgan fingerprint density at radius 3 is 2.83 bits per heavy atom. The largest absolute Gasteiger partial charge is 0.296 e. The van der Waals surface area contributed by atoms with Crippen LogP contribution in [-0.4, -0.2) is 21.1 Å². The lowest BCUT2D eigenvalue weighted by Crippen LogP contribution is -2.14. The lowest BCUT2D eigenvalue weighted by Gasteiger charge is -2.07. The van der Waals surface area contributed by atoms with E-state index in [-0.39, 0.29) is 5.91 Å². The Hall–Kier alpha value is -2.34. The molecule has 0 spiro atoms. The first-order valence-corrected chi connectivity index (χ1v) is 8.90. The molecule has 1 aromatic carbocycles. The summed E-state index contributed by atoms with van der Waals surface area (Å²) in [5.41, 5.74) is 3.31. The molecule has 24 heavy (non-hydrogen) atoms. The number of carbonyl (C=O) groups excluding carboxylic acids is 1. The van der Waals surface area contributed by atoms with Crippen molar-refractivity contribution in [2.24, 2.45) is 0 Å². The van der Waals surface area contributed by atoms with Gasteiger partial charge in [0.05, 0.1) is 16.8 Å². The summed E-state index contributed by atoms with van der Waals surface area (Å²) in [5.74, 6) is -0.193. The summed E-state index contributed by atoms with van der Waals surface area (Å²) < 4.78 is 0. The highest BCUT2D eigenvalue weighted by Crippen LogP contribution is 2.21. The Morgan fingerprint density at radius 1 is 1.21 bits per heavy atom. The normalized spacial score (nSPS) is 11.0. The molecule has 0 fully saturated rings. The van der Waals surface area contributed by atoms with Crippen LogP contribution in [0.5, 0.6) is 0 Å². The number of amides is 1. The van der Waals surface area contributed by atoms with Crippen LogP contribution in [0, 0.1) is 13.8 Å². The van der Waals surface area contributed by atoms with Gasteiger partial charge in [-0.05, 0) is 38.5 Å². The lowest BCUT2D eigenvalue weighted by molar-refractivity contribution is 0.102. The molecule has 0 aliphatic rings. The van der Waals surface area contributed by atoms with Crippen molar-refractivity contribution in [3.8, 4) is 0 Å². The molecule has 0 saturated heterocycles. The Bertz CT molecular complexity index is 888. The van der Waals surface area contributed by atoms with Crippen molar-refractivity contribution in [3.63, 3.8) is 0 Å². The number of benzene rings is 1. The summed E-state index contributed by atoms with van der Waals surface area (Å²) >= 11 is 1.43.